The second kappa shape index (κ2) is 10.3. The summed E-state index contributed by atoms with van der Waals surface area (Å²) in [7, 11) is 0. The predicted molar refractivity (Wildman–Crippen MR) is 202 cm³/mol. The summed E-state index contributed by atoms with van der Waals surface area (Å²) >= 11 is 1.86. The first kappa shape index (κ1) is 26.3. The van der Waals surface area contributed by atoms with E-state index in [0.717, 1.165) is 39.0 Å². The van der Waals surface area contributed by atoms with Crippen molar-refractivity contribution < 1.29 is 4.42 Å². The first-order chi connectivity index (χ1) is 23.3. The molecule has 0 radical (unpaired) electrons. The van der Waals surface area contributed by atoms with Crippen LogP contribution in [0.25, 0.3) is 74.8 Å². The number of hydrogen-bond acceptors (Lipinski definition) is 3. The number of rotatable bonds is 4. The number of nitrogens with zero attached hydrogens (tertiary/aromatic N) is 1. The Morgan fingerprint density at radius 3 is 1.74 bits per heavy atom. The van der Waals surface area contributed by atoms with E-state index in [-0.39, 0.29) is 0 Å². The summed E-state index contributed by atoms with van der Waals surface area (Å²) in [5, 5.41) is 9.87. The van der Waals surface area contributed by atoms with Crippen molar-refractivity contribution in [2.75, 3.05) is 4.90 Å². The van der Waals surface area contributed by atoms with Gasteiger partial charge in [0.05, 0.1) is 0 Å². The summed E-state index contributed by atoms with van der Waals surface area (Å²) in [6, 6.07) is 59.0. The molecule has 10 aromatic rings. The van der Waals surface area contributed by atoms with Crippen molar-refractivity contribution in [2.24, 2.45) is 0 Å². The highest BCUT2D eigenvalue weighted by Gasteiger charge is 2.19. The van der Waals surface area contributed by atoms with Crippen LogP contribution in [-0.4, -0.2) is 0 Å². The SMILES string of the molecule is c1ccc(-c2ccc(N(c3ccc4oc5ccc6ccccc6c5c4c3)c3ccc4sc5ccc6ccccc6c5c4c3)cc2)cc1. The van der Waals surface area contributed by atoms with Gasteiger partial charge in [-0.3, -0.25) is 0 Å². The fourth-order valence-electron chi connectivity index (χ4n) is 7.23. The summed E-state index contributed by atoms with van der Waals surface area (Å²) in [5.74, 6) is 0. The largest absolute Gasteiger partial charge is 0.456 e. The van der Waals surface area contributed by atoms with Gasteiger partial charge in [0.15, 0.2) is 0 Å². The summed E-state index contributed by atoms with van der Waals surface area (Å²) in [6.45, 7) is 0. The van der Waals surface area contributed by atoms with Crippen LogP contribution in [0.5, 0.6) is 0 Å². The van der Waals surface area contributed by atoms with Gasteiger partial charge < -0.3 is 9.32 Å². The zero-order valence-corrected chi connectivity index (χ0v) is 26.2. The zero-order chi connectivity index (χ0) is 30.9. The Hall–Kier alpha value is -5.90. The lowest BCUT2D eigenvalue weighted by Crippen LogP contribution is -2.09. The Kier molecular flexibility index (Phi) is 5.78. The molecule has 0 unspecified atom stereocenters. The van der Waals surface area contributed by atoms with E-state index in [0.29, 0.717) is 0 Å². The van der Waals surface area contributed by atoms with E-state index in [2.05, 4.69) is 169 Å². The van der Waals surface area contributed by atoms with E-state index < -0.39 is 0 Å². The van der Waals surface area contributed by atoms with E-state index in [9.17, 15) is 0 Å². The molecule has 0 atom stereocenters. The second-order valence-electron chi connectivity index (χ2n) is 12.1. The minimum absolute atomic E-state index is 0.894. The van der Waals surface area contributed by atoms with Crippen LogP contribution in [0, 0.1) is 0 Å². The molecule has 0 saturated heterocycles. The third-order valence-corrected chi connectivity index (χ3v) is 10.6. The molecule has 10 rings (SSSR count). The van der Waals surface area contributed by atoms with Crippen molar-refractivity contribution in [3.8, 4) is 11.1 Å². The Morgan fingerprint density at radius 1 is 0.383 bits per heavy atom. The highest BCUT2D eigenvalue weighted by molar-refractivity contribution is 7.26. The number of furan rings is 1. The summed E-state index contributed by atoms with van der Waals surface area (Å²) < 4.78 is 9.00. The van der Waals surface area contributed by atoms with Crippen molar-refractivity contribution in [1.29, 1.82) is 0 Å². The topological polar surface area (TPSA) is 16.4 Å². The molecule has 0 aliphatic carbocycles. The molecule has 0 N–H and O–H groups in total. The average molecular weight is 618 g/mol. The van der Waals surface area contributed by atoms with Crippen LogP contribution in [0.15, 0.2) is 168 Å². The Balaban J connectivity index is 1.22. The molecule has 8 aromatic carbocycles. The van der Waals surface area contributed by atoms with Gasteiger partial charge in [0, 0.05) is 48.0 Å². The molecule has 2 aromatic heterocycles. The Labute approximate surface area is 275 Å². The van der Waals surface area contributed by atoms with Crippen molar-refractivity contribution in [1.82, 2.24) is 0 Å². The van der Waals surface area contributed by atoms with Gasteiger partial charge in [-0.2, -0.15) is 0 Å². The third kappa shape index (κ3) is 4.17. The molecule has 2 heterocycles. The van der Waals surface area contributed by atoms with Crippen LogP contribution in [0.4, 0.5) is 17.1 Å². The highest BCUT2D eigenvalue weighted by Crippen LogP contribution is 2.44. The lowest BCUT2D eigenvalue weighted by atomic mass is 10.0. The minimum atomic E-state index is 0.894. The monoisotopic (exact) mass is 617 g/mol. The van der Waals surface area contributed by atoms with Gasteiger partial charge in [0.1, 0.15) is 11.2 Å². The van der Waals surface area contributed by atoms with Crippen molar-refractivity contribution in [3.05, 3.63) is 164 Å². The molecule has 2 nitrogen and oxygen atoms in total. The van der Waals surface area contributed by atoms with Crippen LogP contribution in [0.3, 0.4) is 0 Å². The normalized spacial score (nSPS) is 11.8. The van der Waals surface area contributed by atoms with E-state index in [4.69, 9.17) is 4.42 Å². The predicted octanol–water partition coefficient (Wildman–Crippen LogP) is 13.4. The Morgan fingerprint density at radius 2 is 0.957 bits per heavy atom. The van der Waals surface area contributed by atoms with Crippen LogP contribution < -0.4 is 4.90 Å². The molecule has 0 fully saturated rings. The molecule has 220 valence electrons. The summed E-state index contributed by atoms with van der Waals surface area (Å²) in [5.41, 5.74) is 7.52. The fraction of sp³-hybridized carbons (Fsp3) is 0. The minimum Gasteiger partial charge on any atom is -0.456 e. The summed E-state index contributed by atoms with van der Waals surface area (Å²) in [6.07, 6.45) is 0. The van der Waals surface area contributed by atoms with E-state index in [1.54, 1.807) is 0 Å². The number of fused-ring (bicyclic) bond motifs is 10. The standard InChI is InChI=1S/C44H27NOS/c1-2-8-28(9-3-1)29-14-18-32(19-15-29)45(33-20-23-39-37(26-33)43-35-12-6-4-10-30(35)16-22-40(43)46-39)34-21-25-41-38(27-34)44-36-13-7-5-11-31(36)17-24-42(44)47-41/h1-27H. The highest BCUT2D eigenvalue weighted by atomic mass is 32.1. The lowest BCUT2D eigenvalue weighted by molar-refractivity contribution is 0.669. The van der Waals surface area contributed by atoms with Crippen molar-refractivity contribution >= 4 is 92.1 Å². The van der Waals surface area contributed by atoms with Gasteiger partial charge in [-0.05, 0) is 93.3 Å². The molecular weight excluding hydrogens is 591 g/mol. The maximum Gasteiger partial charge on any atom is 0.136 e. The maximum absolute atomic E-state index is 6.39. The van der Waals surface area contributed by atoms with Gasteiger partial charge in [-0.15, -0.1) is 11.3 Å². The number of thiophene rings is 1. The van der Waals surface area contributed by atoms with Gasteiger partial charge in [0.2, 0.25) is 0 Å². The van der Waals surface area contributed by atoms with Gasteiger partial charge in [-0.1, -0.05) is 103 Å². The quantitative estimate of drug-likeness (QED) is 0.195. The van der Waals surface area contributed by atoms with Crippen LogP contribution in [0.2, 0.25) is 0 Å². The van der Waals surface area contributed by atoms with Gasteiger partial charge >= 0.3 is 0 Å². The molecule has 0 bridgehead atoms. The molecular formula is C44H27NOS. The van der Waals surface area contributed by atoms with Crippen molar-refractivity contribution in [3.63, 3.8) is 0 Å². The fourth-order valence-corrected chi connectivity index (χ4v) is 8.33. The molecule has 47 heavy (non-hydrogen) atoms. The maximum atomic E-state index is 6.39. The van der Waals surface area contributed by atoms with Crippen LogP contribution >= 0.6 is 11.3 Å². The number of hydrogen-bond donors (Lipinski definition) is 0. The average Bonchev–Trinajstić information content (AvgIpc) is 3.71. The van der Waals surface area contributed by atoms with Crippen LogP contribution in [0.1, 0.15) is 0 Å². The first-order valence-corrected chi connectivity index (χ1v) is 16.7. The van der Waals surface area contributed by atoms with Gasteiger partial charge in [0.25, 0.3) is 0 Å². The number of anilines is 3. The van der Waals surface area contributed by atoms with E-state index in [1.165, 1.54) is 52.8 Å². The zero-order valence-electron chi connectivity index (χ0n) is 25.4. The van der Waals surface area contributed by atoms with Crippen LogP contribution in [-0.2, 0) is 0 Å². The van der Waals surface area contributed by atoms with Gasteiger partial charge in [-0.25, -0.2) is 0 Å². The molecule has 0 saturated carbocycles. The molecule has 0 amide bonds. The molecule has 0 spiro atoms. The second-order valence-corrected chi connectivity index (χ2v) is 13.2. The van der Waals surface area contributed by atoms with Crippen molar-refractivity contribution in [2.45, 2.75) is 0 Å². The first-order valence-electron chi connectivity index (χ1n) is 15.9. The Bertz CT molecular complexity index is 2640. The smallest absolute Gasteiger partial charge is 0.136 e. The lowest BCUT2D eigenvalue weighted by Gasteiger charge is -2.26. The summed E-state index contributed by atoms with van der Waals surface area (Å²) in [4.78, 5) is 2.38. The third-order valence-electron chi connectivity index (χ3n) is 9.44. The number of benzene rings is 8. The molecule has 0 aliphatic heterocycles. The molecule has 0 aliphatic rings. The van der Waals surface area contributed by atoms with E-state index >= 15 is 0 Å². The van der Waals surface area contributed by atoms with E-state index in [1.807, 2.05) is 11.3 Å². The molecule has 3 heteroatoms.